The summed E-state index contributed by atoms with van der Waals surface area (Å²) in [6.07, 6.45) is 1.27. The number of alkyl carbamates (subject to hydrolysis) is 1. The summed E-state index contributed by atoms with van der Waals surface area (Å²) >= 11 is 0. The van der Waals surface area contributed by atoms with Gasteiger partial charge >= 0.3 is 12.1 Å². The van der Waals surface area contributed by atoms with E-state index in [4.69, 9.17) is 9.47 Å². The molecule has 272 valence electrons. The van der Waals surface area contributed by atoms with E-state index in [0.29, 0.717) is 0 Å². The van der Waals surface area contributed by atoms with Crippen LogP contribution in [0.5, 0.6) is 0 Å². The molecule has 4 atom stereocenters. The van der Waals surface area contributed by atoms with E-state index in [1.807, 2.05) is 38.1 Å². The van der Waals surface area contributed by atoms with Crippen molar-refractivity contribution in [2.75, 3.05) is 7.11 Å². The average molecular weight is 687 g/mol. The molecule has 0 bridgehead atoms. The first-order valence-corrected chi connectivity index (χ1v) is 16.5. The molecule has 14 nitrogen and oxygen atoms in total. The Balaban J connectivity index is 2.29. The van der Waals surface area contributed by atoms with Crippen molar-refractivity contribution < 1.29 is 38.2 Å². The van der Waals surface area contributed by atoms with Gasteiger partial charge in [0, 0.05) is 23.5 Å². The lowest BCUT2D eigenvalue weighted by molar-refractivity contribution is -0.146. The summed E-state index contributed by atoms with van der Waals surface area (Å²) < 4.78 is 10.1. The van der Waals surface area contributed by atoms with Gasteiger partial charge in [-0.15, -0.1) is 0 Å². The lowest BCUT2D eigenvalue weighted by Crippen LogP contribution is -2.62. The number of hydrogen-bond acceptors (Lipinski definition) is 8. The summed E-state index contributed by atoms with van der Waals surface area (Å²) in [5.41, 5.74) is -0.652. The summed E-state index contributed by atoms with van der Waals surface area (Å²) in [6.45, 7) is 16.7. The van der Waals surface area contributed by atoms with Crippen LogP contribution in [0.2, 0.25) is 0 Å². The van der Waals surface area contributed by atoms with Crippen LogP contribution in [0.1, 0.15) is 81.2 Å². The molecule has 1 aromatic carbocycles. The van der Waals surface area contributed by atoms with Crippen LogP contribution in [0.3, 0.4) is 0 Å². The van der Waals surface area contributed by atoms with Crippen molar-refractivity contribution in [2.45, 2.75) is 117 Å². The summed E-state index contributed by atoms with van der Waals surface area (Å²) in [5.74, 6) is -3.48. The highest BCUT2D eigenvalue weighted by Crippen LogP contribution is 2.20. The second-order valence-corrected chi connectivity index (χ2v) is 14.5. The highest BCUT2D eigenvalue weighted by Gasteiger charge is 2.36. The molecular formula is C35H54N6O8. The van der Waals surface area contributed by atoms with Gasteiger partial charge in [0.15, 0.2) is 0 Å². The molecule has 0 unspecified atom stereocenters. The minimum atomic E-state index is -1.50. The lowest BCUT2D eigenvalue weighted by Gasteiger charge is -2.31. The summed E-state index contributed by atoms with van der Waals surface area (Å²) in [4.78, 5) is 81.8. The van der Waals surface area contributed by atoms with Crippen molar-refractivity contribution in [3.8, 4) is 0 Å². The van der Waals surface area contributed by atoms with Crippen LogP contribution in [0.15, 0.2) is 30.5 Å². The molecule has 5 amide bonds. The number of nitrogens with one attached hydrogen (secondary N) is 6. The van der Waals surface area contributed by atoms with E-state index in [2.05, 4.69) is 31.6 Å². The van der Waals surface area contributed by atoms with Gasteiger partial charge in [-0.1, -0.05) is 45.9 Å². The predicted molar refractivity (Wildman–Crippen MR) is 185 cm³/mol. The molecule has 0 spiro atoms. The number of hydrogen-bond donors (Lipinski definition) is 6. The van der Waals surface area contributed by atoms with Crippen LogP contribution >= 0.6 is 0 Å². The maximum atomic E-state index is 13.9. The third-order valence-corrected chi connectivity index (χ3v) is 7.61. The Morgan fingerprint density at radius 1 is 0.796 bits per heavy atom. The fraction of sp³-hybridized carbons (Fsp3) is 0.600. The average Bonchev–Trinajstić information content (AvgIpc) is 3.39. The van der Waals surface area contributed by atoms with Gasteiger partial charge in [0.1, 0.15) is 35.3 Å². The first kappa shape index (κ1) is 40.6. The molecule has 0 saturated carbocycles. The van der Waals surface area contributed by atoms with Crippen molar-refractivity contribution in [1.82, 2.24) is 31.6 Å². The van der Waals surface area contributed by atoms with E-state index in [0.717, 1.165) is 16.5 Å². The van der Waals surface area contributed by atoms with Crippen molar-refractivity contribution in [3.05, 3.63) is 36.0 Å². The quantitative estimate of drug-likeness (QED) is 0.154. The van der Waals surface area contributed by atoms with Crippen LogP contribution in [0, 0.1) is 11.8 Å². The predicted octanol–water partition coefficient (Wildman–Crippen LogP) is 2.85. The van der Waals surface area contributed by atoms with Gasteiger partial charge in [-0.25, -0.2) is 9.59 Å². The number of fused-ring (bicyclic) bond motifs is 1. The second kappa shape index (κ2) is 17.2. The molecule has 0 saturated heterocycles. The minimum absolute atomic E-state index is 0.0441. The fourth-order valence-electron chi connectivity index (χ4n) is 4.95. The normalized spacial score (nSPS) is 14.3. The Kier molecular flexibility index (Phi) is 14.2. The number of aromatic amines is 1. The van der Waals surface area contributed by atoms with Gasteiger partial charge < -0.3 is 41.0 Å². The third-order valence-electron chi connectivity index (χ3n) is 7.61. The monoisotopic (exact) mass is 686 g/mol. The topological polar surface area (TPSA) is 197 Å². The van der Waals surface area contributed by atoms with Crippen molar-refractivity contribution in [3.63, 3.8) is 0 Å². The number of para-hydroxylation sites is 1. The molecule has 2 aromatic rings. The molecule has 49 heavy (non-hydrogen) atoms. The molecule has 14 heteroatoms. The molecule has 0 fully saturated rings. The smallest absolute Gasteiger partial charge is 0.408 e. The van der Waals surface area contributed by atoms with Gasteiger partial charge in [0.25, 0.3) is 0 Å². The fourth-order valence-corrected chi connectivity index (χ4v) is 4.95. The van der Waals surface area contributed by atoms with Crippen molar-refractivity contribution >= 4 is 46.6 Å². The highest BCUT2D eigenvalue weighted by molar-refractivity contribution is 5.97. The van der Waals surface area contributed by atoms with Crippen LogP contribution in [-0.2, 0) is 39.9 Å². The van der Waals surface area contributed by atoms with Gasteiger partial charge in [-0.2, -0.15) is 0 Å². The number of carbonyl (C=O) groups is 6. The van der Waals surface area contributed by atoms with E-state index >= 15 is 0 Å². The second-order valence-electron chi connectivity index (χ2n) is 14.5. The standard InChI is InChI=1S/C35H54N6O8/c1-19(2)16-25(39-32(46)35(9,10)41-28(42)21(5)37-33(47)49-34(6,7)8)29(43)38-26(30(44)40-27(20(3)4)31(45)48-11)17-22-18-36-24-15-13-12-14-23(22)24/h12-15,18-21,25-27,36H,16-17H2,1-11H3,(H,37,47)(H,38,43)(H,39,46)(H,40,44)(H,41,42)/t21-,25-,26-,27-/m0/s1. The zero-order valence-electron chi connectivity index (χ0n) is 30.5. The first-order valence-electron chi connectivity index (χ1n) is 16.5. The lowest BCUT2D eigenvalue weighted by atomic mass is 9.98. The largest absolute Gasteiger partial charge is 0.467 e. The highest BCUT2D eigenvalue weighted by atomic mass is 16.6. The number of ether oxygens (including phenoxy) is 2. The molecule has 2 rings (SSSR count). The Hall–Kier alpha value is -4.62. The van der Waals surface area contributed by atoms with Gasteiger partial charge in [-0.3, -0.25) is 19.2 Å². The Labute approximate surface area is 288 Å². The molecule has 0 aliphatic heterocycles. The Morgan fingerprint density at radius 3 is 1.98 bits per heavy atom. The zero-order valence-corrected chi connectivity index (χ0v) is 30.5. The molecule has 1 aromatic heterocycles. The molecule has 1 heterocycles. The van der Waals surface area contributed by atoms with E-state index < -0.39 is 71.0 Å². The van der Waals surface area contributed by atoms with E-state index in [9.17, 15) is 28.8 Å². The number of benzene rings is 1. The Morgan fingerprint density at radius 2 is 1.41 bits per heavy atom. The van der Waals surface area contributed by atoms with Crippen LogP contribution in [0.4, 0.5) is 4.79 Å². The van der Waals surface area contributed by atoms with Gasteiger partial charge in [0.05, 0.1) is 7.11 Å². The van der Waals surface area contributed by atoms with E-state index in [-0.39, 0.29) is 24.7 Å². The summed E-state index contributed by atoms with van der Waals surface area (Å²) in [6, 6.07) is 3.33. The van der Waals surface area contributed by atoms with Crippen LogP contribution in [-0.4, -0.2) is 83.1 Å². The van der Waals surface area contributed by atoms with Crippen LogP contribution < -0.4 is 26.6 Å². The van der Waals surface area contributed by atoms with Crippen LogP contribution in [0.25, 0.3) is 10.9 Å². The number of amides is 5. The van der Waals surface area contributed by atoms with Crippen molar-refractivity contribution in [2.24, 2.45) is 11.8 Å². The number of H-pyrrole nitrogens is 1. The van der Waals surface area contributed by atoms with E-state index in [1.165, 1.54) is 27.9 Å². The molecule has 6 N–H and O–H groups in total. The summed E-state index contributed by atoms with van der Waals surface area (Å²) in [7, 11) is 1.23. The number of esters is 1. The van der Waals surface area contributed by atoms with E-state index in [1.54, 1.807) is 40.8 Å². The number of rotatable bonds is 15. The SMILES string of the molecule is COC(=O)[C@@H](NC(=O)[C@H](Cc1c[nH]c2ccccc12)NC(=O)[C@H](CC(C)C)NC(=O)C(C)(C)NC(=O)[C@H](C)NC(=O)OC(C)(C)C)C(C)C. The van der Waals surface area contributed by atoms with Crippen molar-refractivity contribution in [1.29, 1.82) is 0 Å². The molecule has 0 aliphatic rings. The number of carbonyl (C=O) groups excluding carboxylic acids is 6. The molecule has 0 radical (unpaired) electrons. The minimum Gasteiger partial charge on any atom is -0.467 e. The zero-order chi connectivity index (χ0) is 37.3. The van der Waals surface area contributed by atoms with Gasteiger partial charge in [-0.05, 0) is 71.4 Å². The number of aromatic nitrogens is 1. The maximum absolute atomic E-state index is 13.9. The summed E-state index contributed by atoms with van der Waals surface area (Å²) in [5, 5.41) is 14.2. The Bertz CT molecular complexity index is 1490. The third kappa shape index (κ3) is 12.4. The number of methoxy groups -OCH3 is 1. The maximum Gasteiger partial charge on any atom is 0.408 e. The molecule has 0 aliphatic carbocycles. The van der Waals surface area contributed by atoms with Gasteiger partial charge in [0.2, 0.25) is 23.6 Å². The molecular weight excluding hydrogens is 632 g/mol. The first-order chi connectivity index (χ1) is 22.6.